The summed E-state index contributed by atoms with van der Waals surface area (Å²) in [5.74, 6) is 0.0110. The molecule has 0 fully saturated rings. The lowest BCUT2D eigenvalue weighted by Crippen LogP contribution is -2.12. The molecule has 2 aromatic carbocycles. The Kier molecular flexibility index (Phi) is 4.34. The standard InChI is InChI=1S/C18H12N6O4/c25-17(16-14-10-12(24(26)27)4-7-15(14)22-23-16)21-11-2-5-13(6-3-11)28-18-19-8-1-9-20-18/h1-10H,(H,21,25)(H,22,23). The maximum Gasteiger partial charge on any atom is 0.321 e. The van der Waals surface area contributed by atoms with Gasteiger partial charge in [-0.15, -0.1) is 0 Å². The Morgan fingerprint density at radius 1 is 1.11 bits per heavy atom. The summed E-state index contributed by atoms with van der Waals surface area (Å²) in [5.41, 5.74) is 0.986. The van der Waals surface area contributed by atoms with E-state index in [9.17, 15) is 14.9 Å². The van der Waals surface area contributed by atoms with Crippen LogP contribution in [-0.4, -0.2) is 31.0 Å². The zero-order chi connectivity index (χ0) is 19.5. The molecule has 0 aliphatic carbocycles. The van der Waals surface area contributed by atoms with Crippen LogP contribution in [-0.2, 0) is 0 Å². The summed E-state index contributed by atoms with van der Waals surface area (Å²) in [4.78, 5) is 30.9. The number of aromatic nitrogens is 4. The van der Waals surface area contributed by atoms with Crippen molar-refractivity contribution in [3.63, 3.8) is 0 Å². The Hall–Kier alpha value is -4.34. The SMILES string of the molecule is O=C(Nc1ccc(Oc2ncccn2)cc1)c1n[nH]c2ccc([N+](=O)[O-])cc12. The van der Waals surface area contributed by atoms with Gasteiger partial charge in [0, 0.05) is 35.6 Å². The molecule has 1 amide bonds. The molecule has 0 atom stereocenters. The highest BCUT2D eigenvalue weighted by molar-refractivity contribution is 6.11. The van der Waals surface area contributed by atoms with Crippen LogP contribution in [0.15, 0.2) is 60.9 Å². The van der Waals surface area contributed by atoms with Crippen molar-refractivity contribution in [3.05, 3.63) is 76.7 Å². The number of nitrogens with one attached hydrogen (secondary N) is 2. The van der Waals surface area contributed by atoms with E-state index in [2.05, 4.69) is 25.5 Å². The third kappa shape index (κ3) is 3.46. The van der Waals surface area contributed by atoms with Crippen molar-refractivity contribution < 1.29 is 14.5 Å². The topological polar surface area (TPSA) is 136 Å². The molecule has 4 rings (SSSR count). The molecule has 2 heterocycles. The number of carbonyl (C=O) groups is 1. The number of benzene rings is 2. The molecule has 0 saturated heterocycles. The smallest absolute Gasteiger partial charge is 0.321 e. The highest BCUT2D eigenvalue weighted by Crippen LogP contribution is 2.24. The van der Waals surface area contributed by atoms with Crippen LogP contribution in [0.5, 0.6) is 11.8 Å². The minimum absolute atomic E-state index is 0.0664. The number of H-pyrrole nitrogens is 1. The van der Waals surface area contributed by atoms with Gasteiger partial charge in [-0.1, -0.05) is 0 Å². The van der Waals surface area contributed by atoms with Crippen LogP contribution < -0.4 is 10.1 Å². The minimum atomic E-state index is -0.525. The lowest BCUT2D eigenvalue weighted by atomic mass is 10.2. The van der Waals surface area contributed by atoms with E-state index in [-0.39, 0.29) is 17.4 Å². The van der Waals surface area contributed by atoms with E-state index in [1.54, 1.807) is 42.7 Å². The van der Waals surface area contributed by atoms with Gasteiger partial charge >= 0.3 is 6.01 Å². The number of fused-ring (bicyclic) bond motifs is 1. The predicted molar refractivity (Wildman–Crippen MR) is 99.2 cm³/mol. The van der Waals surface area contributed by atoms with E-state index in [4.69, 9.17) is 4.74 Å². The second kappa shape index (κ2) is 7.11. The molecule has 28 heavy (non-hydrogen) atoms. The predicted octanol–water partition coefficient (Wildman–Crippen LogP) is 3.31. The van der Waals surface area contributed by atoms with Crippen LogP contribution in [0.25, 0.3) is 10.9 Å². The summed E-state index contributed by atoms with van der Waals surface area (Å²) in [7, 11) is 0. The van der Waals surface area contributed by atoms with Gasteiger partial charge in [-0.3, -0.25) is 20.0 Å². The van der Waals surface area contributed by atoms with E-state index in [1.807, 2.05) is 0 Å². The Bertz CT molecular complexity index is 1160. The van der Waals surface area contributed by atoms with E-state index in [0.717, 1.165) is 0 Å². The summed E-state index contributed by atoms with van der Waals surface area (Å²) in [6.45, 7) is 0. The highest BCUT2D eigenvalue weighted by atomic mass is 16.6. The lowest BCUT2D eigenvalue weighted by Gasteiger charge is -2.06. The van der Waals surface area contributed by atoms with Gasteiger partial charge in [0.15, 0.2) is 5.69 Å². The van der Waals surface area contributed by atoms with Crippen molar-refractivity contribution >= 4 is 28.2 Å². The van der Waals surface area contributed by atoms with E-state index in [1.165, 1.54) is 18.2 Å². The first-order valence-electron chi connectivity index (χ1n) is 8.09. The van der Waals surface area contributed by atoms with Gasteiger partial charge in [0.1, 0.15) is 5.75 Å². The van der Waals surface area contributed by atoms with Crippen molar-refractivity contribution in [2.24, 2.45) is 0 Å². The zero-order valence-electron chi connectivity index (χ0n) is 14.2. The van der Waals surface area contributed by atoms with E-state index < -0.39 is 10.8 Å². The molecule has 0 bridgehead atoms. The van der Waals surface area contributed by atoms with Gasteiger partial charge in [-0.2, -0.15) is 5.10 Å². The van der Waals surface area contributed by atoms with Crippen molar-refractivity contribution in [2.75, 3.05) is 5.32 Å². The molecule has 0 saturated carbocycles. The minimum Gasteiger partial charge on any atom is -0.424 e. The Morgan fingerprint density at radius 2 is 1.86 bits per heavy atom. The fourth-order valence-corrected chi connectivity index (χ4v) is 2.53. The Morgan fingerprint density at radius 3 is 2.57 bits per heavy atom. The number of ether oxygens (including phenoxy) is 1. The number of carbonyl (C=O) groups excluding carboxylic acids is 1. The number of hydrogen-bond donors (Lipinski definition) is 2. The molecule has 4 aromatic rings. The third-order valence-electron chi connectivity index (χ3n) is 3.84. The van der Waals surface area contributed by atoms with Crippen molar-refractivity contribution in [1.29, 1.82) is 0 Å². The summed E-state index contributed by atoms with van der Waals surface area (Å²) >= 11 is 0. The summed E-state index contributed by atoms with van der Waals surface area (Å²) in [6, 6.07) is 12.7. The fourth-order valence-electron chi connectivity index (χ4n) is 2.53. The Labute approximate surface area is 157 Å². The number of hydrogen-bond acceptors (Lipinski definition) is 7. The number of nitro groups is 1. The first kappa shape index (κ1) is 17.1. The first-order valence-corrected chi connectivity index (χ1v) is 8.09. The summed E-state index contributed by atoms with van der Waals surface area (Å²) in [6.07, 6.45) is 3.13. The van der Waals surface area contributed by atoms with E-state index in [0.29, 0.717) is 22.3 Å². The molecule has 0 aliphatic heterocycles. The fraction of sp³-hybridized carbons (Fsp3) is 0. The Balaban J connectivity index is 1.51. The second-order valence-electron chi connectivity index (χ2n) is 5.67. The molecule has 2 N–H and O–H groups in total. The highest BCUT2D eigenvalue weighted by Gasteiger charge is 2.17. The number of anilines is 1. The number of aromatic amines is 1. The number of non-ortho nitro benzene ring substituents is 1. The van der Waals surface area contributed by atoms with Crippen LogP contribution in [0.2, 0.25) is 0 Å². The van der Waals surface area contributed by atoms with Crippen molar-refractivity contribution in [3.8, 4) is 11.8 Å². The summed E-state index contributed by atoms with van der Waals surface area (Å²) < 4.78 is 5.49. The molecule has 0 unspecified atom stereocenters. The molecule has 10 nitrogen and oxygen atoms in total. The van der Waals surface area contributed by atoms with Gasteiger partial charge < -0.3 is 10.1 Å². The monoisotopic (exact) mass is 376 g/mol. The molecule has 2 aromatic heterocycles. The normalized spacial score (nSPS) is 10.6. The van der Waals surface area contributed by atoms with Gasteiger partial charge in [-0.25, -0.2) is 9.97 Å². The van der Waals surface area contributed by atoms with Crippen LogP contribution in [0.1, 0.15) is 10.5 Å². The van der Waals surface area contributed by atoms with Crippen LogP contribution in [0.4, 0.5) is 11.4 Å². The van der Waals surface area contributed by atoms with Crippen molar-refractivity contribution in [1.82, 2.24) is 20.2 Å². The van der Waals surface area contributed by atoms with Gasteiger partial charge in [0.2, 0.25) is 0 Å². The number of nitro benzene ring substituents is 1. The maximum absolute atomic E-state index is 12.5. The van der Waals surface area contributed by atoms with Gasteiger partial charge in [0.05, 0.1) is 10.4 Å². The van der Waals surface area contributed by atoms with E-state index >= 15 is 0 Å². The molecule has 0 spiro atoms. The largest absolute Gasteiger partial charge is 0.424 e. The molecule has 0 aliphatic rings. The number of nitrogens with zero attached hydrogens (tertiary/aromatic N) is 4. The summed E-state index contributed by atoms with van der Waals surface area (Å²) in [5, 5.41) is 20.7. The molecular formula is C18H12N6O4. The molecule has 10 heteroatoms. The van der Waals surface area contributed by atoms with Gasteiger partial charge in [0.25, 0.3) is 11.6 Å². The number of rotatable bonds is 5. The number of amides is 1. The van der Waals surface area contributed by atoms with Crippen LogP contribution in [0, 0.1) is 10.1 Å². The zero-order valence-corrected chi connectivity index (χ0v) is 14.2. The third-order valence-corrected chi connectivity index (χ3v) is 3.84. The average molecular weight is 376 g/mol. The lowest BCUT2D eigenvalue weighted by molar-refractivity contribution is -0.384. The van der Waals surface area contributed by atoms with Crippen LogP contribution >= 0.6 is 0 Å². The van der Waals surface area contributed by atoms with Gasteiger partial charge in [-0.05, 0) is 36.4 Å². The quantitative estimate of drug-likeness (QED) is 0.403. The average Bonchev–Trinajstić information content (AvgIpc) is 3.13. The molecular weight excluding hydrogens is 364 g/mol. The molecule has 138 valence electrons. The first-order chi connectivity index (χ1) is 13.6. The van der Waals surface area contributed by atoms with Crippen LogP contribution in [0.3, 0.4) is 0 Å². The second-order valence-corrected chi connectivity index (χ2v) is 5.67. The maximum atomic E-state index is 12.5. The molecule has 0 radical (unpaired) electrons. The van der Waals surface area contributed by atoms with Crippen molar-refractivity contribution in [2.45, 2.75) is 0 Å².